The van der Waals surface area contributed by atoms with Crippen molar-refractivity contribution in [3.8, 4) is 0 Å². The van der Waals surface area contributed by atoms with Gasteiger partial charge in [0.1, 0.15) is 12.0 Å². The van der Waals surface area contributed by atoms with E-state index in [1.54, 1.807) is 6.07 Å². The van der Waals surface area contributed by atoms with E-state index in [2.05, 4.69) is 5.32 Å². The van der Waals surface area contributed by atoms with E-state index in [0.29, 0.717) is 17.9 Å². The van der Waals surface area contributed by atoms with E-state index in [0.717, 1.165) is 17.8 Å². The van der Waals surface area contributed by atoms with E-state index >= 15 is 0 Å². The third-order valence-electron chi connectivity index (χ3n) is 5.53. The Balaban J connectivity index is 0.00000132. The Labute approximate surface area is 131 Å². The molecular weight excluding hydrogens is 288 g/mol. The van der Waals surface area contributed by atoms with Crippen molar-refractivity contribution in [1.82, 2.24) is 5.32 Å². The van der Waals surface area contributed by atoms with Crippen molar-refractivity contribution >= 4 is 18.3 Å². The van der Waals surface area contributed by atoms with E-state index in [4.69, 9.17) is 10.2 Å². The van der Waals surface area contributed by atoms with Crippen LogP contribution in [0.4, 0.5) is 0 Å². The molecule has 0 atom stereocenters. The number of nitrogens with two attached hydrogens (primary N) is 1. The second kappa shape index (κ2) is 5.33. The molecule has 1 aromatic rings. The van der Waals surface area contributed by atoms with Crippen LogP contribution in [-0.4, -0.2) is 11.4 Å². The van der Waals surface area contributed by atoms with Gasteiger partial charge in [-0.1, -0.05) is 0 Å². The van der Waals surface area contributed by atoms with Crippen molar-refractivity contribution in [2.45, 2.75) is 50.6 Å². The molecule has 5 heteroatoms. The van der Waals surface area contributed by atoms with Crippen LogP contribution in [0.2, 0.25) is 0 Å². The van der Waals surface area contributed by atoms with Gasteiger partial charge in [-0.3, -0.25) is 4.79 Å². The minimum Gasteiger partial charge on any atom is -0.467 e. The van der Waals surface area contributed by atoms with E-state index in [-0.39, 0.29) is 23.9 Å². The number of carbonyl (C=O) groups is 1. The summed E-state index contributed by atoms with van der Waals surface area (Å²) in [6.07, 6.45) is 9.21. The van der Waals surface area contributed by atoms with Crippen LogP contribution in [-0.2, 0) is 6.54 Å². The highest BCUT2D eigenvalue weighted by molar-refractivity contribution is 5.94. The number of rotatable bonds is 3. The van der Waals surface area contributed by atoms with Crippen molar-refractivity contribution < 1.29 is 9.21 Å². The van der Waals surface area contributed by atoms with Crippen molar-refractivity contribution in [3.63, 3.8) is 0 Å². The molecule has 1 amide bonds. The van der Waals surface area contributed by atoms with Crippen molar-refractivity contribution in [2.24, 2.45) is 23.5 Å². The van der Waals surface area contributed by atoms with Crippen molar-refractivity contribution in [3.05, 3.63) is 23.7 Å². The maximum absolute atomic E-state index is 12.4. The predicted molar refractivity (Wildman–Crippen MR) is 82.2 cm³/mol. The zero-order valence-electron chi connectivity index (χ0n) is 12.1. The first kappa shape index (κ1) is 14.9. The Morgan fingerprint density at radius 3 is 2.29 bits per heavy atom. The predicted octanol–water partition coefficient (Wildman–Crippen LogP) is 2.86. The first-order valence-corrected chi connectivity index (χ1v) is 7.76. The molecule has 4 aliphatic carbocycles. The lowest BCUT2D eigenvalue weighted by molar-refractivity contribution is -0.0167. The van der Waals surface area contributed by atoms with Crippen LogP contribution in [0, 0.1) is 17.8 Å². The maximum Gasteiger partial charge on any atom is 0.254 e. The van der Waals surface area contributed by atoms with E-state index in [1.807, 2.05) is 0 Å². The fourth-order valence-corrected chi connectivity index (χ4v) is 5.18. The number of carbonyl (C=O) groups excluding carboxylic acids is 1. The molecule has 1 aromatic heterocycles. The first-order chi connectivity index (χ1) is 9.66. The summed E-state index contributed by atoms with van der Waals surface area (Å²) in [5.41, 5.74) is 6.20. The summed E-state index contributed by atoms with van der Waals surface area (Å²) < 4.78 is 5.27. The molecule has 5 rings (SSSR count). The summed E-state index contributed by atoms with van der Waals surface area (Å²) in [6.45, 7) is 0.338. The monoisotopic (exact) mass is 310 g/mol. The third-order valence-corrected chi connectivity index (χ3v) is 5.53. The smallest absolute Gasteiger partial charge is 0.254 e. The van der Waals surface area contributed by atoms with Gasteiger partial charge in [0, 0.05) is 5.54 Å². The molecule has 4 saturated carbocycles. The standard InChI is InChI=1S/C16H22N2O2.ClH/c17-8-14-4-13(9-20-14)15(19)18-16-5-10-1-11(6-16)3-12(2-10)7-16;/h4,9-12H,1-3,5-8,17H2,(H,18,19);1H. The molecular formula is C16H23ClN2O2. The summed E-state index contributed by atoms with van der Waals surface area (Å²) in [5, 5.41) is 3.34. The molecule has 0 unspecified atom stereocenters. The summed E-state index contributed by atoms with van der Waals surface area (Å²) in [4.78, 5) is 12.4. The Bertz CT molecular complexity index is 505. The quantitative estimate of drug-likeness (QED) is 0.902. The van der Waals surface area contributed by atoms with Crippen LogP contribution < -0.4 is 11.1 Å². The second-order valence-corrected chi connectivity index (χ2v) is 7.16. The van der Waals surface area contributed by atoms with Crippen LogP contribution in [0.1, 0.15) is 54.6 Å². The van der Waals surface area contributed by atoms with Crippen LogP contribution >= 0.6 is 12.4 Å². The lowest BCUT2D eigenvalue weighted by Crippen LogP contribution is -2.59. The fraction of sp³-hybridized carbons (Fsp3) is 0.688. The zero-order chi connectivity index (χ0) is 13.7. The molecule has 3 N–H and O–H groups in total. The number of amides is 1. The average Bonchev–Trinajstić information content (AvgIpc) is 2.85. The third kappa shape index (κ3) is 2.59. The highest BCUT2D eigenvalue weighted by Gasteiger charge is 2.51. The van der Waals surface area contributed by atoms with E-state index in [1.165, 1.54) is 44.8 Å². The summed E-state index contributed by atoms with van der Waals surface area (Å²) in [7, 11) is 0. The molecule has 21 heavy (non-hydrogen) atoms. The first-order valence-electron chi connectivity index (χ1n) is 7.76. The molecule has 4 bridgehead atoms. The van der Waals surface area contributed by atoms with Gasteiger partial charge in [0.2, 0.25) is 0 Å². The Morgan fingerprint density at radius 1 is 1.24 bits per heavy atom. The second-order valence-electron chi connectivity index (χ2n) is 7.16. The highest BCUT2D eigenvalue weighted by Crippen LogP contribution is 2.55. The van der Waals surface area contributed by atoms with Crippen LogP contribution in [0.5, 0.6) is 0 Å². The summed E-state index contributed by atoms with van der Waals surface area (Å²) in [5.74, 6) is 3.19. The Morgan fingerprint density at radius 2 is 1.81 bits per heavy atom. The van der Waals surface area contributed by atoms with Crippen LogP contribution in [0.25, 0.3) is 0 Å². The number of hydrogen-bond donors (Lipinski definition) is 2. The molecule has 0 radical (unpaired) electrons. The summed E-state index contributed by atoms with van der Waals surface area (Å²) >= 11 is 0. The van der Waals surface area contributed by atoms with Gasteiger partial charge in [0.15, 0.2) is 0 Å². The summed E-state index contributed by atoms with van der Waals surface area (Å²) in [6, 6.07) is 1.76. The van der Waals surface area contributed by atoms with E-state index < -0.39 is 0 Å². The van der Waals surface area contributed by atoms with E-state index in [9.17, 15) is 4.79 Å². The number of nitrogens with one attached hydrogen (secondary N) is 1. The topological polar surface area (TPSA) is 68.3 Å². The largest absolute Gasteiger partial charge is 0.467 e. The fourth-order valence-electron chi connectivity index (χ4n) is 5.18. The average molecular weight is 311 g/mol. The highest BCUT2D eigenvalue weighted by atomic mass is 35.5. The molecule has 0 spiro atoms. The molecule has 0 aliphatic heterocycles. The van der Waals surface area contributed by atoms with Gasteiger partial charge < -0.3 is 15.5 Å². The maximum atomic E-state index is 12.4. The normalized spacial score (nSPS) is 36.3. The minimum atomic E-state index is 0. The molecule has 4 fully saturated rings. The molecule has 4 nitrogen and oxygen atoms in total. The lowest BCUT2D eigenvalue weighted by atomic mass is 9.53. The van der Waals surface area contributed by atoms with Gasteiger partial charge in [-0.25, -0.2) is 0 Å². The molecule has 0 saturated heterocycles. The molecule has 0 aromatic carbocycles. The van der Waals surface area contributed by atoms with Gasteiger partial charge in [0.25, 0.3) is 5.91 Å². The van der Waals surface area contributed by atoms with Gasteiger partial charge in [0.05, 0.1) is 12.1 Å². The Hall–Kier alpha value is -1.00. The molecule has 1 heterocycles. The minimum absolute atomic E-state index is 0. The van der Waals surface area contributed by atoms with Gasteiger partial charge in [-0.15, -0.1) is 12.4 Å². The number of hydrogen-bond acceptors (Lipinski definition) is 3. The van der Waals surface area contributed by atoms with Crippen molar-refractivity contribution in [1.29, 1.82) is 0 Å². The molecule has 116 valence electrons. The SMILES string of the molecule is Cl.NCc1cc(C(=O)NC23CC4CC(CC(C4)C2)C3)co1. The van der Waals surface area contributed by atoms with Gasteiger partial charge in [-0.2, -0.15) is 0 Å². The Kier molecular flexibility index (Phi) is 3.78. The van der Waals surface area contributed by atoms with Crippen LogP contribution in [0.15, 0.2) is 16.7 Å². The molecule has 4 aliphatic rings. The number of furan rings is 1. The van der Waals surface area contributed by atoms with Gasteiger partial charge in [-0.05, 0) is 62.3 Å². The van der Waals surface area contributed by atoms with Crippen LogP contribution in [0.3, 0.4) is 0 Å². The van der Waals surface area contributed by atoms with Crippen molar-refractivity contribution in [2.75, 3.05) is 0 Å². The number of halogens is 1. The zero-order valence-corrected chi connectivity index (χ0v) is 13.0. The van der Waals surface area contributed by atoms with Gasteiger partial charge >= 0.3 is 0 Å². The lowest BCUT2D eigenvalue weighted by Gasteiger charge is -2.56.